The zero-order valence-electron chi connectivity index (χ0n) is 18.0. The summed E-state index contributed by atoms with van der Waals surface area (Å²) in [4.78, 5) is 25.4. The summed E-state index contributed by atoms with van der Waals surface area (Å²) >= 11 is 0. The lowest BCUT2D eigenvalue weighted by Crippen LogP contribution is -2.25. The van der Waals surface area contributed by atoms with Crippen LogP contribution in [-0.4, -0.2) is 20.3 Å². The van der Waals surface area contributed by atoms with Crippen molar-refractivity contribution in [3.8, 4) is 5.69 Å². The number of hydrogen-bond acceptors (Lipinski definition) is 3. The molecule has 0 saturated carbocycles. The smallest absolute Gasteiger partial charge is 0.325 e. The maximum absolute atomic E-state index is 13.2. The normalized spacial score (nSPS) is 11.7. The number of aromatic nitrogens is 3. The van der Waals surface area contributed by atoms with Crippen LogP contribution in [0.2, 0.25) is 0 Å². The molecule has 0 spiro atoms. The van der Waals surface area contributed by atoms with Gasteiger partial charge < -0.3 is 5.32 Å². The van der Waals surface area contributed by atoms with Crippen LogP contribution >= 0.6 is 0 Å². The maximum Gasteiger partial charge on any atom is 0.418 e. The Hall–Kier alpha value is -3.88. The van der Waals surface area contributed by atoms with Crippen LogP contribution in [0.1, 0.15) is 23.2 Å². The third-order valence-corrected chi connectivity index (χ3v) is 5.36. The van der Waals surface area contributed by atoms with E-state index in [2.05, 4.69) is 10.4 Å². The predicted octanol–water partition coefficient (Wildman–Crippen LogP) is 4.85. The molecule has 1 amide bonds. The molecular weight excluding hydrogens is 433 g/mol. The number of hydrogen-bond donors (Lipinski definition) is 1. The first-order valence-corrected chi connectivity index (χ1v) is 10.3. The van der Waals surface area contributed by atoms with Crippen molar-refractivity contribution in [1.29, 1.82) is 0 Å². The fraction of sp³-hybridized carbons (Fsp3) is 0.208. The lowest BCUT2D eigenvalue weighted by Gasteiger charge is -2.15. The van der Waals surface area contributed by atoms with E-state index in [0.717, 1.165) is 28.4 Å². The second-order valence-electron chi connectivity index (χ2n) is 7.69. The summed E-state index contributed by atoms with van der Waals surface area (Å²) < 4.78 is 42.7. The number of nitrogens with one attached hydrogen (secondary N) is 1. The third kappa shape index (κ3) is 4.39. The van der Waals surface area contributed by atoms with Gasteiger partial charge in [0.05, 0.1) is 22.6 Å². The van der Waals surface area contributed by atoms with Crippen LogP contribution in [0.25, 0.3) is 16.7 Å². The first-order valence-electron chi connectivity index (χ1n) is 10.3. The molecule has 0 radical (unpaired) electrons. The van der Waals surface area contributed by atoms with Gasteiger partial charge in [0.2, 0.25) is 5.91 Å². The van der Waals surface area contributed by atoms with Gasteiger partial charge in [-0.3, -0.25) is 14.2 Å². The number of carbonyl (C=O) groups is 1. The number of aryl methyl sites for hydroxylation is 3. The Bertz CT molecular complexity index is 1390. The molecule has 9 heteroatoms. The number of alkyl halides is 3. The average molecular weight is 454 g/mol. The summed E-state index contributed by atoms with van der Waals surface area (Å²) in [5.74, 6) is -0.630. The maximum atomic E-state index is 13.2. The Morgan fingerprint density at radius 3 is 2.39 bits per heavy atom. The van der Waals surface area contributed by atoms with E-state index in [9.17, 15) is 22.8 Å². The van der Waals surface area contributed by atoms with Gasteiger partial charge >= 0.3 is 6.18 Å². The second kappa shape index (κ2) is 8.57. The van der Waals surface area contributed by atoms with Gasteiger partial charge in [-0.1, -0.05) is 30.3 Å². The molecule has 1 N–H and O–H groups in total. The third-order valence-electron chi connectivity index (χ3n) is 5.36. The minimum atomic E-state index is -4.59. The molecule has 4 aromatic rings. The molecule has 0 fully saturated rings. The number of amides is 1. The first kappa shape index (κ1) is 22.3. The highest BCUT2D eigenvalue weighted by Gasteiger charge is 2.33. The number of pyridine rings is 1. The van der Waals surface area contributed by atoms with E-state index < -0.39 is 17.6 Å². The lowest BCUT2D eigenvalue weighted by molar-refractivity contribution is -0.137. The molecule has 0 saturated heterocycles. The zero-order valence-corrected chi connectivity index (χ0v) is 18.0. The second-order valence-corrected chi connectivity index (χ2v) is 7.69. The molecule has 2 heterocycles. The largest absolute Gasteiger partial charge is 0.418 e. The summed E-state index contributed by atoms with van der Waals surface area (Å²) in [6.45, 7) is 3.64. The summed E-state index contributed by atoms with van der Waals surface area (Å²) in [6.07, 6.45) is -4.78. The number of nitrogens with zero attached hydrogens (tertiary/aromatic N) is 3. The van der Waals surface area contributed by atoms with Crippen molar-refractivity contribution < 1.29 is 18.0 Å². The van der Waals surface area contributed by atoms with Crippen molar-refractivity contribution in [3.63, 3.8) is 0 Å². The van der Waals surface area contributed by atoms with E-state index in [1.54, 1.807) is 4.68 Å². The fourth-order valence-corrected chi connectivity index (χ4v) is 3.90. The molecule has 170 valence electrons. The van der Waals surface area contributed by atoms with Crippen molar-refractivity contribution in [2.75, 3.05) is 5.32 Å². The van der Waals surface area contributed by atoms with E-state index in [1.807, 2.05) is 44.2 Å². The van der Waals surface area contributed by atoms with E-state index in [-0.39, 0.29) is 24.2 Å². The Morgan fingerprint density at radius 1 is 1.03 bits per heavy atom. The Labute approximate surface area is 187 Å². The monoisotopic (exact) mass is 454 g/mol. The van der Waals surface area contributed by atoms with Crippen LogP contribution in [0.5, 0.6) is 0 Å². The van der Waals surface area contributed by atoms with Gasteiger partial charge in [-0.25, -0.2) is 4.68 Å². The highest BCUT2D eigenvalue weighted by atomic mass is 19.4. The lowest BCUT2D eigenvalue weighted by atomic mass is 10.1. The molecule has 0 aliphatic carbocycles. The highest BCUT2D eigenvalue weighted by molar-refractivity contribution is 5.91. The number of fused-ring (bicyclic) bond motifs is 1. The highest BCUT2D eigenvalue weighted by Crippen LogP contribution is 2.34. The number of benzene rings is 2. The van der Waals surface area contributed by atoms with Crippen LogP contribution in [0.3, 0.4) is 0 Å². The molecule has 0 aliphatic heterocycles. The molecule has 0 aliphatic rings. The Morgan fingerprint density at radius 2 is 1.70 bits per heavy atom. The molecule has 0 bridgehead atoms. The SMILES string of the molecule is Cc1cc(=O)n(CCC(=O)Nc2ccccc2C(F)(F)F)c2c1c(C)nn2-c1ccccc1. The number of carbonyl (C=O) groups excluding carboxylic acids is 1. The summed E-state index contributed by atoms with van der Waals surface area (Å²) in [6, 6.07) is 15.5. The van der Waals surface area contributed by atoms with Gasteiger partial charge in [-0.2, -0.15) is 18.3 Å². The molecule has 4 rings (SSSR count). The van der Waals surface area contributed by atoms with Crippen molar-refractivity contribution in [2.24, 2.45) is 0 Å². The van der Waals surface area contributed by atoms with Gasteiger partial charge in [0, 0.05) is 24.4 Å². The van der Waals surface area contributed by atoms with Crippen LogP contribution < -0.4 is 10.9 Å². The molecule has 2 aromatic carbocycles. The average Bonchev–Trinajstić information content (AvgIpc) is 3.11. The van der Waals surface area contributed by atoms with Crippen molar-refractivity contribution in [2.45, 2.75) is 33.0 Å². The zero-order chi connectivity index (χ0) is 23.8. The van der Waals surface area contributed by atoms with Crippen LogP contribution in [-0.2, 0) is 17.5 Å². The van der Waals surface area contributed by atoms with Crippen LogP contribution in [0, 0.1) is 13.8 Å². The first-order chi connectivity index (χ1) is 15.7. The van der Waals surface area contributed by atoms with Gasteiger partial charge in [-0.15, -0.1) is 0 Å². The van der Waals surface area contributed by atoms with Crippen molar-refractivity contribution >= 4 is 22.6 Å². The quantitative estimate of drug-likeness (QED) is 0.469. The Balaban J connectivity index is 1.68. The number of para-hydroxylation sites is 2. The number of anilines is 1. The topological polar surface area (TPSA) is 68.9 Å². The van der Waals surface area contributed by atoms with Crippen LogP contribution in [0.15, 0.2) is 65.5 Å². The minimum Gasteiger partial charge on any atom is -0.325 e. The summed E-state index contributed by atoms with van der Waals surface area (Å²) in [7, 11) is 0. The number of rotatable bonds is 5. The van der Waals surface area contributed by atoms with Gasteiger partial charge in [-0.05, 0) is 43.7 Å². The van der Waals surface area contributed by atoms with E-state index in [0.29, 0.717) is 5.65 Å². The van der Waals surface area contributed by atoms with Gasteiger partial charge in [0.1, 0.15) is 5.65 Å². The molecule has 6 nitrogen and oxygen atoms in total. The molecule has 0 atom stereocenters. The molecule has 2 aromatic heterocycles. The van der Waals surface area contributed by atoms with E-state index in [4.69, 9.17) is 0 Å². The van der Waals surface area contributed by atoms with Gasteiger partial charge in [0.25, 0.3) is 5.56 Å². The standard InChI is InChI=1S/C24H21F3N4O2/c1-15-14-21(33)30(23-22(15)16(2)29-31(23)17-8-4-3-5-9-17)13-12-20(32)28-19-11-7-6-10-18(19)24(25,26)27/h3-11,14H,12-13H2,1-2H3,(H,28,32). The fourth-order valence-electron chi connectivity index (χ4n) is 3.90. The molecule has 0 unspecified atom stereocenters. The predicted molar refractivity (Wildman–Crippen MR) is 119 cm³/mol. The minimum absolute atomic E-state index is 0.0202. The van der Waals surface area contributed by atoms with E-state index in [1.165, 1.54) is 28.8 Å². The molecule has 33 heavy (non-hydrogen) atoms. The van der Waals surface area contributed by atoms with Crippen molar-refractivity contribution in [3.05, 3.63) is 87.8 Å². The summed E-state index contributed by atoms with van der Waals surface area (Å²) in [5, 5.41) is 7.70. The Kier molecular flexibility index (Phi) is 5.80. The summed E-state index contributed by atoms with van der Waals surface area (Å²) in [5.41, 5.74) is 1.21. The van der Waals surface area contributed by atoms with Gasteiger partial charge in [0.15, 0.2) is 0 Å². The number of halogens is 3. The van der Waals surface area contributed by atoms with E-state index >= 15 is 0 Å². The van der Waals surface area contributed by atoms with Crippen molar-refractivity contribution in [1.82, 2.24) is 14.3 Å². The molecular formula is C24H21F3N4O2. The van der Waals surface area contributed by atoms with Crippen LogP contribution in [0.4, 0.5) is 18.9 Å².